The van der Waals surface area contributed by atoms with Crippen LogP contribution in [0, 0.1) is 0 Å². The third kappa shape index (κ3) is 4.44. The fraction of sp³-hybridized carbons (Fsp3) is 0.257. The minimum atomic E-state index is 0.0754. The first-order valence-electron chi connectivity index (χ1n) is 14.2. The normalized spacial score (nSPS) is 17.5. The van der Waals surface area contributed by atoms with Gasteiger partial charge >= 0.3 is 0 Å². The number of carbonyl (C=O) groups is 1. The van der Waals surface area contributed by atoms with Gasteiger partial charge in [-0.25, -0.2) is 0 Å². The zero-order valence-electron chi connectivity index (χ0n) is 22.2. The number of nitrogens with zero attached hydrogens (tertiary/aromatic N) is 3. The van der Waals surface area contributed by atoms with Crippen molar-refractivity contribution in [2.75, 3.05) is 24.5 Å². The lowest BCUT2D eigenvalue weighted by Crippen LogP contribution is -2.40. The summed E-state index contributed by atoms with van der Waals surface area (Å²) in [5.74, 6) is 0.191. The number of anilines is 1. The van der Waals surface area contributed by atoms with Gasteiger partial charge in [0.15, 0.2) is 0 Å². The van der Waals surface area contributed by atoms with Crippen LogP contribution >= 0.6 is 0 Å². The molecule has 1 aromatic heterocycles. The van der Waals surface area contributed by atoms with Crippen molar-refractivity contribution in [2.45, 2.75) is 37.6 Å². The summed E-state index contributed by atoms with van der Waals surface area (Å²) in [4.78, 5) is 23.2. The molecule has 2 fully saturated rings. The van der Waals surface area contributed by atoms with E-state index in [0.29, 0.717) is 0 Å². The summed E-state index contributed by atoms with van der Waals surface area (Å²) in [5.41, 5.74) is 4.30. The van der Waals surface area contributed by atoms with Gasteiger partial charge in [-0.3, -0.25) is 9.78 Å². The molecule has 0 spiro atoms. The second-order valence-corrected chi connectivity index (χ2v) is 11.0. The Bertz CT molecular complexity index is 1580. The van der Waals surface area contributed by atoms with Crippen molar-refractivity contribution in [3.63, 3.8) is 0 Å². The second-order valence-electron chi connectivity index (χ2n) is 11.0. The van der Waals surface area contributed by atoms with Crippen LogP contribution in [-0.4, -0.2) is 41.5 Å². The molecule has 0 aliphatic carbocycles. The number of hydrogen-bond acceptors (Lipinski definition) is 3. The molecule has 4 aromatic carbocycles. The summed E-state index contributed by atoms with van der Waals surface area (Å²) in [7, 11) is 0. The van der Waals surface area contributed by atoms with Gasteiger partial charge < -0.3 is 9.80 Å². The molecule has 1 amide bonds. The average molecular weight is 512 g/mol. The molecule has 0 N–H and O–H groups in total. The number of likely N-dealkylation sites (tertiary alicyclic amines) is 1. The summed E-state index contributed by atoms with van der Waals surface area (Å²) in [6.07, 6.45) is 7.94. The standard InChI is InChI=1S/C35H33N3O/c39-35(31-24-36-18-17-32(31)37-19-5-6-20-37)38-21-7-12-33(38)34(29-15-13-25-8-1-3-10-27(25)22-29)30-16-14-26-9-2-4-11-28(26)23-30/h1-4,8-11,13-18,22-24,33-34H,5-7,12,19-21H2/t33-/m0/s1. The van der Waals surface area contributed by atoms with E-state index in [0.717, 1.165) is 43.7 Å². The Labute approximate surface area is 229 Å². The first-order valence-corrected chi connectivity index (χ1v) is 14.2. The van der Waals surface area contributed by atoms with E-state index < -0.39 is 0 Å². The molecule has 3 heterocycles. The fourth-order valence-electron chi connectivity index (χ4n) is 6.77. The minimum Gasteiger partial charge on any atom is -0.371 e. The molecule has 7 rings (SSSR count). The molecular weight excluding hydrogens is 478 g/mol. The number of carbonyl (C=O) groups excluding carboxylic acids is 1. The number of rotatable bonds is 5. The van der Waals surface area contributed by atoms with Gasteiger partial charge in [-0.05, 0) is 64.4 Å². The van der Waals surface area contributed by atoms with Crippen molar-refractivity contribution in [3.8, 4) is 0 Å². The summed E-state index contributed by atoms with van der Waals surface area (Å²) < 4.78 is 0. The third-order valence-corrected chi connectivity index (χ3v) is 8.69. The first-order chi connectivity index (χ1) is 19.3. The number of amides is 1. The van der Waals surface area contributed by atoms with Gasteiger partial charge in [0.2, 0.25) is 0 Å². The quantitative estimate of drug-likeness (QED) is 0.246. The van der Waals surface area contributed by atoms with Crippen LogP contribution in [-0.2, 0) is 0 Å². The van der Waals surface area contributed by atoms with E-state index in [1.807, 2.05) is 12.3 Å². The molecular formula is C35H33N3O. The Morgan fingerprint density at radius 1 is 0.718 bits per heavy atom. The predicted molar refractivity (Wildman–Crippen MR) is 159 cm³/mol. The minimum absolute atomic E-state index is 0.0754. The molecule has 2 aliphatic heterocycles. The molecule has 0 saturated carbocycles. The van der Waals surface area contributed by atoms with Crippen LogP contribution in [0.25, 0.3) is 21.5 Å². The van der Waals surface area contributed by atoms with Gasteiger partial charge in [0.05, 0.1) is 11.3 Å². The monoisotopic (exact) mass is 511 g/mol. The maximum absolute atomic E-state index is 14.3. The largest absolute Gasteiger partial charge is 0.371 e. The van der Waals surface area contributed by atoms with Crippen LogP contribution in [0.2, 0.25) is 0 Å². The molecule has 4 heteroatoms. The number of fused-ring (bicyclic) bond motifs is 2. The number of aromatic nitrogens is 1. The molecule has 0 bridgehead atoms. The number of pyridine rings is 1. The number of benzene rings is 4. The Morgan fingerprint density at radius 2 is 1.33 bits per heavy atom. The van der Waals surface area contributed by atoms with Crippen molar-refractivity contribution >= 4 is 33.1 Å². The molecule has 4 nitrogen and oxygen atoms in total. The summed E-state index contributed by atoms with van der Waals surface area (Å²) >= 11 is 0. The van der Waals surface area contributed by atoms with Crippen LogP contribution in [0.15, 0.2) is 103 Å². The highest BCUT2D eigenvalue weighted by Crippen LogP contribution is 2.40. The molecule has 2 aliphatic rings. The van der Waals surface area contributed by atoms with Crippen molar-refractivity contribution < 1.29 is 4.79 Å². The highest BCUT2D eigenvalue weighted by Gasteiger charge is 2.38. The van der Waals surface area contributed by atoms with E-state index in [1.54, 1.807) is 6.20 Å². The molecule has 0 radical (unpaired) electrons. The lowest BCUT2D eigenvalue weighted by atomic mass is 9.82. The van der Waals surface area contributed by atoms with Gasteiger partial charge in [0.25, 0.3) is 5.91 Å². The molecule has 39 heavy (non-hydrogen) atoms. The maximum Gasteiger partial charge on any atom is 0.257 e. The van der Waals surface area contributed by atoms with Crippen LogP contribution < -0.4 is 4.90 Å². The van der Waals surface area contributed by atoms with E-state index in [1.165, 1.54) is 45.5 Å². The highest BCUT2D eigenvalue weighted by atomic mass is 16.2. The van der Waals surface area contributed by atoms with Gasteiger partial charge in [-0.1, -0.05) is 84.9 Å². The Hall–Kier alpha value is -4.18. The summed E-state index contributed by atoms with van der Waals surface area (Å²) in [6.45, 7) is 2.78. The van der Waals surface area contributed by atoms with Crippen LogP contribution in [0.3, 0.4) is 0 Å². The van der Waals surface area contributed by atoms with Crippen molar-refractivity contribution in [1.82, 2.24) is 9.88 Å². The zero-order valence-corrected chi connectivity index (χ0v) is 22.2. The highest BCUT2D eigenvalue weighted by molar-refractivity contribution is 6.00. The van der Waals surface area contributed by atoms with Crippen molar-refractivity contribution in [2.24, 2.45) is 0 Å². The van der Waals surface area contributed by atoms with E-state index in [-0.39, 0.29) is 17.9 Å². The van der Waals surface area contributed by atoms with Gasteiger partial charge in [-0.2, -0.15) is 0 Å². The third-order valence-electron chi connectivity index (χ3n) is 8.69. The molecule has 194 valence electrons. The lowest BCUT2D eigenvalue weighted by Gasteiger charge is -2.34. The molecule has 1 atom stereocenters. The Kier molecular flexibility index (Phi) is 6.24. The Morgan fingerprint density at radius 3 is 1.97 bits per heavy atom. The topological polar surface area (TPSA) is 36.4 Å². The first kappa shape index (κ1) is 23.9. The fourth-order valence-corrected chi connectivity index (χ4v) is 6.77. The summed E-state index contributed by atoms with van der Waals surface area (Å²) in [5, 5.41) is 4.95. The Balaban J connectivity index is 1.33. The summed E-state index contributed by atoms with van der Waals surface area (Å²) in [6, 6.07) is 32.8. The molecule has 0 unspecified atom stereocenters. The molecule has 2 saturated heterocycles. The lowest BCUT2D eigenvalue weighted by molar-refractivity contribution is 0.0725. The van der Waals surface area contributed by atoms with Gasteiger partial charge in [0, 0.05) is 44.0 Å². The van der Waals surface area contributed by atoms with Crippen molar-refractivity contribution in [1.29, 1.82) is 0 Å². The van der Waals surface area contributed by atoms with Crippen LogP contribution in [0.4, 0.5) is 5.69 Å². The SMILES string of the molecule is O=C(c1cnccc1N1CCCC1)N1CCC[C@H]1C(c1ccc2ccccc2c1)c1ccc2ccccc2c1. The van der Waals surface area contributed by atoms with Crippen molar-refractivity contribution in [3.05, 3.63) is 120 Å². The number of hydrogen-bond donors (Lipinski definition) is 0. The van der Waals surface area contributed by atoms with Gasteiger partial charge in [-0.15, -0.1) is 0 Å². The van der Waals surface area contributed by atoms with Gasteiger partial charge in [0.1, 0.15) is 0 Å². The maximum atomic E-state index is 14.3. The van der Waals surface area contributed by atoms with Crippen LogP contribution in [0.5, 0.6) is 0 Å². The van der Waals surface area contributed by atoms with E-state index >= 15 is 0 Å². The van der Waals surface area contributed by atoms with Crippen LogP contribution in [0.1, 0.15) is 53.1 Å². The molecule has 5 aromatic rings. The second kappa shape index (κ2) is 10.2. The van der Waals surface area contributed by atoms with E-state index in [4.69, 9.17) is 0 Å². The predicted octanol–water partition coefficient (Wildman–Crippen LogP) is 7.42. The van der Waals surface area contributed by atoms with E-state index in [2.05, 4.69) is 99.7 Å². The van der Waals surface area contributed by atoms with E-state index in [9.17, 15) is 4.79 Å². The average Bonchev–Trinajstić information content (AvgIpc) is 3.70. The smallest absolute Gasteiger partial charge is 0.257 e. The zero-order chi connectivity index (χ0) is 26.2.